The van der Waals surface area contributed by atoms with Crippen molar-refractivity contribution >= 4 is 0 Å². The van der Waals surface area contributed by atoms with Crippen LogP contribution < -0.4 is 0 Å². The molecule has 0 spiro atoms. The van der Waals surface area contributed by atoms with E-state index in [9.17, 15) is 5.11 Å². The summed E-state index contributed by atoms with van der Waals surface area (Å²) in [7, 11) is 0. The molecule has 1 heteroatoms. The molecule has 2 saturated carbocycles. The first-order chi connectivity index (χ1) is 6.81. The molecule has 2 aliphatic carbocycles. The Hall–Kier alpha value is -0.0400. The Labute approximate surface area is 87.9 Å². The molecule has 0 amide bonds. The molecule has 82 valence electrons. The summed E-state index contributed by atoms with van der Waals surface area (Å²) in [6.45, 7) is 2.29. The van der Waals surface area contributed by atoms with Crippen LogP contribution in [0.1, 0.15) is 58.3 Å². The average Bonchev–Trinajstić information content (AvgIpc) is 2.15. The molecule has 3 atom stereocenters. The number of aliphatic hydroxyl groups is 1. The molecule has 2 fully saturated rings. The molecule has 3 unspecified atom stereocenters. The number of hydrogen-bond donors (Lipinski definition) is 1. The summed E-state index contributed by atoms with van der Waals surface area (Å²) in [6.07, 6.45) is 10.6. The lowest BCUT2D eigenvalue weighted by atomic mass is 9.70. The van der Waals surface area contributed by atoms with Crippen molar-refractivity contribution < 1.29 is 5.11 Å². The van der Waals surface area contributed by atoms with Crippen molar-refractivity contribution in [1.82, 2.24) is 0 Å². The minimum atomic E-state index is 0.0399. The van der Waals surface area contributed by atoms with Crippen molar-refractivity contribution in [3.05, 3.63) is 0 Å². The highest BCUT2D eigenvalue weighted by Crippen LogP contribution is 2.40. The molecule has 0 aromatic rings. The Morgan fingerprint density at radius 2 is 1.71 bits per heavy atom. The predicted molar refractivity (Wildman–Crippen MR) is 59.1 cm³/mol. The first kappa shape index (κ1) is 10.5. The Morgan fingerprint density at radius 3 is 2.29 bits per heavy atom. The summed E-state index contributed by atoms with van der Waals surface area (Å²) in [4.78, 5) is 0. The maximum absolute atomic E-state index is 10.2. The van der Waals surface area contributed by atoms with E-state index in [-0.39, 0.29) is 6.10 Å². The maximum Gasteiger partial charge on any atom is 0.0596 e. The van der Waals surface area contributed by atoms with Gasteiger partial charge in [-0.1, -0.05) is 32.6 Å². The zero-order valence-electron chi connectivity index (χ0n) is 9.41. The highest BCUT2D eigenvalue weighted by molar-refractivity contribution is 4.85. The fourth-order valence-corrected chi connectivity index (χ4v) is 3.18. The highest BCUT2D eigenvalue weighted by Gasteiger charge is 2.34. The number of aliphatic hydroxyl groups excluding tert-OH is 1. The number of hydrogen-bond acceptors (Lipinski definition) is 1. The van der Waals surface area contributed by atoms with Crippen LogP contribution in [-0.4, -0.2) is 11.2 Å². The van der Waals surface area contributed by atoms with E-state index in [2.05, 4.69) is 6.92 Å². The van der Waals surface area contributed by atoms with Crippen LogP contribution in [0.4, 0.5) is 0 Å². The Bertz CT molecular complexity index is 174. The van der Waals surface area contributed by atoms with Gasteiger partial charge in [0, 0.05) is 0 Å². The van der Waals surface area contributed by atoms with Crippen LogP contribution in [0.3, 0.4) is 0 Å². The van der Waals surface area contributed by atoms with E-state index in [4.69, 9.17) is 0 Å². The van der Waals surface area contributed by atoms with E-state index in [1.54, 1.807) is 0 Å². The fourth-order valence-electron chi connectivity index (χ4n) is 3.18. The van der Waals surface area contributed by atoms with Gasteiger partial charge < -0.3 is 5.11 Å². The van der Waals surface area contributed by atoms with Gasteiger partial charge in [-0.2, -0.15) is 0 Å². The van der Waals surface area contributed by atoms with Crippen molar-refractivity contribution in [3.63, 3.8) is 0 Å². The molecule has 14 heavy (non-hydrogen) atoms. The largest absolute Gasteiger partial charge is 0.393 e. The molecule has 2 aliphatic rings. The molecule has 1 nitrogen and oxygen atoms in total. The standard InChI is InChI=1S/C13H24O/c1-2-10-5-3-8-12(9-10)13(14)11-6-4-7-11/h10-14H,2-9H2,1H3. The van der Waals surface area contributed by atoms with Crippen molar-refractivity contribution in [2.75, 3.05) is 0 Å². The molecule has 0 heterocycles. The molecule has 2 rings (SSSR count). The minimum Gasteiger partial charge on any atom is -0.393 e. The molecule has 0 aromatic heterocycles. The van der Waals surface area contributed by atoms with Crippen LogP contribution in [0.5, 0.6) is 0 Å². The zero-order chi connectivity index (χ0) is 9.97. The average molecular weight is 196 g/mol. The zero-order valence-corrected chi connectivity index (χ0v) is 9.41. The normalized spacial score (nSPS) is 36.4. The van der Waals surface area contributed by atoms with Gasteiger partial charge in [-0.3, -0.25) is 0 Å². The molecule has 0 saturated heterocycles. The van der Waals surface area contributed by atoms with Crippen molar-refractivity contribution in [3.8, 4) is 0 Å². The Morgan fingerprint density at radius 1 is 1.07 bits per heavy atom. The summed E-state index contributed by atoms with van der Waals surface area (Å²) in [6, 6.07) is 0. The second-order valence-electron chi connectivity index (χ2n) is 5.38. The van der Waals surface area contributed by atoms with Crippen molar-refractivity contribution in [2.24, 2.45) is 17.8 Å². The highest BCUT2D eigenvalue weighted by atomic mass is 16.3. The topological polar surface area (TPSA) is 20.2 Å². The SMILES string of the molecule is CCC1CCCC(C(O)C2CCC2)C1. The van der Waals surface area contributed by atoms with Crippen LogP contribution in [-0.2, 0) is 0 Å². The third kappa shape index (κ3) is 2.13. The Kier molecular flexibility index (Phi) is 3.48. The summed E-state index contributed by atoms with van der Waals surface area (Å²) < 4.78 is 0. The summed E-state index contributed by atoms with van der Waals surface area (Å²) in [5.74, 6) is 2.21. The second-order valence-corrected chi connectivity index (χ2v) is 5.38. The van der Waals surface area contributed by atoms with Gasteiger partial charge in [0.1, 0.15) is 0 Å². The maximum atomic E-state index is 10.2. The Balaban J connectivity index is 1.83. The molecular formula is C13H24O. The van der Waals surface area contributed by atoms with Gasteiger partial charge in [-0.05, 0) is 43.4 Å². The van der Waals surface area contributed by atoms with Gasteiger partial charge in [-0.25, -0.2) is 0 Å². The van der Waals surface area contributed by atoms with Crippen LogP contribution in [0.2, 0.25) is 0 Å². The van der Waals surface area contributed by atoms with Gasteiger partial charge in [-0.15, -0.1) is 0 Å². The molecule has 0 bridgehead atoms. The molecule has 0 aromatic carbocycles. The van der Waals surface area contributed by atoms with Crippen LogP contribution in [0, 0.1) is 17.8 Å². The summed E-state index contributed by atoms with van der Waals surface area (Å²) in [5.41, 5.74) is 0. The predicted octanol–water partition coefficient (Wildman–Crippen LogP) is 3.36. The van der Waals surface area contributed by atoms with E-state index in [1.807, 2.05) is 0 Å². The van der Waals surface area contributed by atoms with Crippen molar-refractivity contribution in [1.29, 1.82) is 0 Å². The van der Waals surface area contributed by atoms with Gasteiger partial charge >= 0.3 is 0 Å². The van der Waals surface area contributed by atoms with Crippen molar-refractivity contribution in [2.45, 2.75) is 64.4 Å². The fraction of sp³-hybridized carbons (Fsp3) is 1.00. The van der Waals surface area contributed by atoms with Crippen LogP contribution in [0.15, 0.2) is 0 Å². The second kappa shape index (κ2) is 4.65. The third-order valence-corrected chi connectivity index (χ3v) is 4.52. The molecule has 1 N–H and O–H groups in total. The lowest BCUT2D eigenvalue weighted by molar-refractivity contribution is -0.00698. The van der Waals surface area contributed by atoms with E-state index in [0.29, 0.717) is 11.8 Å². The lowest BCUT2D eigenvalue weighted by Crippen LogP contribution is -2.36. The van der Waals surface area contributed by atoms with Gasteiger partial charge in [0.2, 0.25) is 0 Å². The lowest BCUT2D eigenvalue weighted by Gasteiger charge is -2.39. The number of rotatable bonds is 3. The molecule has 0 aliphatic heterocycles. The summed E-state index contributed by atoms with van der Waals surface area (Å²) in [5, 5.41) is 10.2. The van der Waals surface area contributed by atoms with Gasteiger partial charge in [0.15, 0.2) is 0 Å². The van der Waals surface area contributed by atoms with Crippen LogP contribution in [0.25, 0.3) is 0 Å². The van der Waals surface area contributed by atoms with Crippen LogP contribution >= 0.6 is 0 Å². The van der Waals surface area contributed by atoms with E-state index < -0.39 is 0 Å². The molecule has 0 radical (unpaired) electrons. The van der Waals surface area contributed by atoms with Gasteiger partial charge in [0.05, 0.1) is 6.10 Å². The minimum absolute atomic E-state index is 0.0399. The summed E-state index contributed by atoms with van der Waals surface area (Å²) >= 11 is 0. The van der Waals surface area contributed by atoms with Gasteiger partial charge in [0.25, 0.3) is 0 Å². The first-order valence-electron chi connectivity index (χ1n) is 6.49. The third-order valence-electron chi connectivity index (χ3n) is 4.52. The monoisotopic (exact) mass is 196 g/mol. The quantitative estimate of drug-likeness (QED) is 0.734. The smallest absolute Gasteiger partial charge is 0.0596 e. The molecular weight excluding hydrogens is 172 g/mol. The van der Waals surface area contributed by atoms with E-state index in [1.165, 1.54) is 51.4 Å². The van der Waals surface area contributed by atoms with E-state index >= 15 is 0 Å². The first-order valence-corrected chi connectivity index (χ1v) is 6.49. The van der Waals surface area contributed by atoms with E-state index in [0.717, 1.165) is 5.92 Å².